The average Bonchev–Trinajstić information content (AvgIpc) is 1.85. The topological polar surface area (TPSA) is 52.6 Å². The summed E-state index contributed by atoms with van der Waals surface area (Å²) in [6.07, 6.45) is 0. The summed E-state index contributed by atoms with van der Waals surface area (Å²) in [7, 11) is -2.08. The molecule has 0 amide bonds. The molecule has 6 heteroatoms. The Morgan fingerprint density at radius 1 is 1.25 bits per heavy atom. The number of hydrogen-bond donors (Lipinski definition) is 0. The summed E-state index contributed by atoms with van der Waals surface area (Å²) in [5, 5.41) is 0. The number of hydrogen-bond acceptors (Lipinski definition) is 4. The molecule has 0 N–H and O–H groups in total. The van der Waals surface area contributed by atoms with E-state index in [1.54, 1.807) is 0 Å². The number of halogens is 1. The van der Waals surface area contributed by atoms with Crippen molar-refractivity contribution in [2.24, 2.45) is 0 Å². The minimum atomic E-state index is -2.08. The van der Waals surface area contributed by atoms with Crippen LogP contribution in [0.2, 0.25) is 0 Å². The molecular weight excluding hydrogens is 152 g/mol. The zero-order valence-corrected chi connectivity index (χ0v) is 5.27. The molecule has 0 atom stereocenters. The van der Waals surface area contributed by atoms with Crippen LogP contribution in [0.5, 0.6) is 0 Å². The van der Waals surface area contributed by atoms with Crippen molar-refractivity contribution in [1.82, 2.24) is 0 Å². The van der Waals surface area contributed by atoms with Gasteiger partial charge in [0.1, 0.15) is 0 Å². The first-order valence-corrected chi connectivity index (χ1v) is 3.99. The van der Waals surface area contributed by atoms with E-state index in [1.807, 2.05) is 0 Å². The maximum atomic E-state index is 10.0. The van der Waals surface area contributed by atoms with Crippen LogP contribution in [-0.2, 0) is 18.4 Å². The Balaban J connectivity index is 2.64. The van der Waals surface area contributed by atoms with Crippen molar-refractivity contribution in [3.8, 4) is 0 Å². The molecule has 1 aliphatic rings. The Bertz CT molecular complexity index is 129. The molecule has 1 radical (unpaired) electrons. The molecule has 0 saturated carbocycles. The van der Waals surface area contributed by atoms with E-state index in [-0.39, 0.29) is 0 Å². The van der Waals surface area contributed by atoms with E-state index >= 15 is 0 Å². The van der Waals surface area contributed by atoms with E-state index < -0.39 is 20.5 Å². The van der Waals surface area contributed by atoms with Gasteiger partial charge in [0.2, 0.25) is 0 Å². The zero-order chi connectivity index (χ0) is 6.15. The molecule has 1 saturated heterocycles. The lowest BCUT2D eigenvalue weighted by Gasteiger charge is -1.84. The lowest BCUT2D eigenvalue weighted by atomic mass is 10.7. The van der Waals surface area contributed by atoms with E-state index in [0.717, 1.165) is 0 Å². The first-order valence-electron chi connectivity index (χ1n) is 1.66. The van der Waals surface area contributed by atoms with Crippen molar-refractivity contribution in [3.05, 3.63) is 0 Å². The molecule has 8 heavy (non-hydrogen) atoms. The fraction of sp³-hybridized carbons (Fsp3) is 0. The predicted molar refractivity (Wildman–Crippen MR) is 23.8 cm³/mol. The summed E-state index contributed by atoms with van der Waals surface area (Å²) in [5.41, 5.74) is 0. The van der Waals surface area contributed by atoms with Crippen LogP contribution in [0.1, 0.15) is 0 Å². The normalized spacial score (nSPS) is 20.6. The summed E-state index contributed by atoms with van der Waals surface area (Å²) < 4.78 is 8.26. The number of carbonyl (C=O) groups is 2. The van der Waals surface area contributed by atoms with Gasteiger partial charge in [-0.25, -0.2) is 9.59 Å². The van der Waals surface area contributed by atoms with Crippen LogP contribution in [-0.4, -0.2) is 20.5 Å². The smallest absolute Gasteiger partial charge is 0.463 e. The molecule has 1 fully saturated rings. The van der Waals surface area contributed by atoms with E-state index in [2.05, 4.69) is 8.85 Å². The minimum absolute atomic E-state index is 0.992. The second-order valence-electron chi connectivity index (χ2n) is 1.02. The lowest BCUT2D eigenvalue weighted by Crippen LogP contribution is -2.05. The summed E-state index contributed by atoms with van der Waals surface area (Å²) in [6.45, 7) is 0. The van der Waals surface area contributed by atoms with Crippen molar-refractivity contribution in [1.29, 1.82) is 0 Å². The molecule has 0 aliphatic carbocycles. The van der Waals surface area contributed by atoms with E-state index in [4.69, 9.17) is 11.1 Å². The maximum Gasteiger partial charge on any atom is 0.662 e. The van der Waals surface area contributed by atoms with Gasteiger partial charge in [-0.3, -0.25) is 0 Å². The van der Waals surface area contributed by atoms with Crippen LogP contribution in [0.4, 0.5) is 0 Å². The summed E-state index contributed by atoms with van der Waals surface area (Å²) in [5.74, 6) is -1.98. The van der Waals surface area contributed by atoms with Crippen molar-refractivity contribution in [2.75, 3.05) is 0 Å². The largest absolute Gasteiger partial charge is 0.662 e. The molecule has 43 valence electrons. The van der Waals surface area contributed by atoms with Gasteiger partial charge in [-0.15, -0.1) is 0 Å². The van der Waals surface area contributed by atoms with Gasteiger partial charge in [0.15, 0.2) is 0 Å². The van der Waals surface area contributed by atoms with Gasteiger partial charge in [0.05, 0.1) is 0 Å². The van der Waals surface area contributed by atoms with Gasteiger partial charge in [-0.1, -0.05) is 11.1 Å². The molecule has 0 aromatic rings. The fourth-order valence-electron chi connectivity index (χ4n) is 0.250. The van der Waals surface area contributed by atoms with Gasteiger partial charge < -0.3 is 8.85 Å². The number of carbonyl (C=O) groups excluding carboxylic acids is 2. The van der Waals surface area contributed by atoms with Gasteiger partial charge in [0, 0.05) is 0 Å². The van der Waals surface area contributed by atoms with Crippen molar-refractivity contribution in [3.63, 3.8) is 0 Å². The highest BCUT2D eigenvalue weighted by molar-refractivity contribution is 7.02. The lowest BCUT2D eigenvalue weighted by molar-refractivity contribution is -0.150. The van der Waals surface area contributed by atoms with Crippen LogP contribution in [0, 0.1) is 0 Å². The van der Waals surface area contributed by atoms with Crippen LogP contribution < -0.4 is 0 Å². The Kier molecular flexibility index (Phi) is 1.22. The maximum absolute atomic E-state index is 10.0. The third-order valence-electron chi connectivity index (χ3n) is 0.513. The molecule has 0 bridgehead atoms. The quantitative estimate of drug-likeness (QED) is 0.261. The van der Waals surface area contributed by atoms with Crippen molar-refractivity contribution in [2.45, 2.75) is 0 Å². The predicted octanol–water partition coefficient (Wildman–Crippen LogP) is -0.690. The van der Waals surface area contributed by atoms with E-state index in [9.17, 15) is 9.59 Å². The summed E-state index contributed by atoms with van der Waals surface area (Å²) in [6, 6.07) is 0. The van der Waals surface area contributed by atoms with Gasteiger partial charge >= 0.3 is 20.5 Å². The van der Waals surface area contributed by atoms with Crippen molar-refractivity contribution >= 4 is 31.6 Å². The first-order chi connectivity index (χ1) is 3.70. The summed E-state index contributed by atoms with van der Waals surface area (Å²) in [4.78, 5) is 20.1. The Morgan fingerprint density at radius 2 is 1.62 bits per heavy atom. The Labute approximate surface area is 50.9 Å². The highest BCUT2D eigenvalue weighted by atomic mass is 35.6. The molecule has 1 heterocycles. The van der Waals surface area contributed by atoms with E-state index in [1.165, 1.54) is 0 Å². The molecular formula is C2ClO4Si. The second kappa shape index (κ2) is 1.75. The SMILES string of the molecule is O=C1O[Si](Cl)OC1=O. The van der Waals surface area contributed by atoms with Gasteiger partial charge in [-0.2, -0.15) is 0 Å². The molecule has 4 nitrogen and oxygen atoms in total. The van der Waals surface area contributed by atoms with Crippen LogP contribution in [0.15, 0.2) is 0 Å². The zero-order valence-electron chi connectivity index (χ0n) is 3.51. The minimum Gasteiger partial charge on any atom is -0.463 e. The number of rotatable bonds is 0. The molecule has 0 spiro atoms. The van der Waals surface area contributed by atoms with Crippen LogP contribution >= 0.6 is 11.1 Å². The third kappa shape index (κ3) is 0.822. The molecule has 0 aromatic heterocycles. The third-order valence-corrected chi connectivity index (χ3v) is 1.67. The molecule has 1 aliphatic heterocycles. The van der Waals surface area contributed by atoms with Crippen LogP contribution in [0.25, 0.3) is 0 Å². The van der Waals surface area contributed by atoms with E-state index in [0.29, 0.717) is 0 Å². The standard InChI is InChI=1S/C2ClO4Si/c3-8-6-1(4)2(5)7-8. The average molecular weight is 152 g/mol. The molecule has 0 unspecified atom stereocenters. The van der Waals surface area contributed by atoms with Crippen molar-refractivity contribution < 1.29 is 18.4 Å². The Hall–Kier alpha value is -0.553. The second-order valence-corrected chi connectivity index (χ2v) is 2.83. The Morgan fingerprint density at radius 3 is 1.75 bits per heavy atom. The highest BCUT2D eigenvalue weighted by Gasteiger charge is 2.37. The fourth-order valence-corrected chi connectivity index (χ4v) is 1.17. The first kappa shape index (κ1) is 5.58. The van der Waals surface area contributed by atoms with Gasteiger partial charge in [-0.05, 0) is 0 Å². The van der Waals surface area contributed by atoms with Gasteiger partial charge in [0.25, 0.3) is 0 Å². The molecule has 0 aromatic carbocycles. The summed E-state index contributed by atoms with van der Waals surface area (Å²) >= 11 is 5.12. The monoisotopic (exact) mass is 151 g/mol. The highest BCUT2D eigenvalue weighted by Crippen LogP contribution is 2.04. The van der Waals surface area contributed by atoms with Crippen LogP contribution in [0.3, 0.4) is 0 Å². The molecule has 1 rings (SSSR count).